The van der Waals surface area contributed by atoms with E-state index in [1.54, 1.807) is 0 Å². The lowest BCUT2D eigenvalue weighted by molar-refractivity contribution is -0.0352. The summed E-state index contributed by atoms with van der Waals surface area (Å²) in [6, 6.07) is 2.08. The van der Waals surface area contributed by atoms with Gasteiger partial charge < -0.3 is 10.1 Å². The molecule has 0 atom stereocenters. The van der Waals surface area contributed by atoms with E-state index in [-0.39, 0.29) is 5.60 Å². The average molecular weight is 291 g/mol. The van der Waals surface area contributed by atoms with Gasteiger partial charge in [0.1, 0.15) is 11.4 Å². The SMILES string of the molecule is CCCc1cc(NCC)nc(C2(OC)CCCCCC2)n1. The summed E-state index contributed by atoms with van der Waals surface area (Å²) >= 11 is 0. The Kier molecular flexibility index (Phi) is 5.97. The van der Waals surface area contributed by atoms with Crippen LogP contribution in [0.2, 0.25) is 0 Å². The van der Waals surface area contributed by atoms with Crippen LogP contribution in [0.1, 0.15) is 70.3 Å². The van der Waals surface area contributed by atoms with Gasteiger partial charge in [0, 0.05) is 25.4 Å². The molecule has 2 rings (SSSR count). The zero-order valence-electron chi connectivity index (χ0n) is 13.7. The molecule has 4 nitrogen and oxygen atoms in total. The Bertz CT molecular complexity index is 415. The highest BCUT2D eigenvalue weighted by atomic mass is 16.5. The fraction of sp³-hybridized carbons (Fsp3) is 0.765. The third kappa shape index (κ3) is 3.94. The Morgan fingerprint density at radius 3 is 2.43 bits per heavy atom. The first-order chi connectivity index (χ1) is 10.2. The second-order valence-electron chi connectivity index (χ2n) is 5.96. The highest BCUT2D eigenvalue weighted by Crippen LogP contribution is 2.37. The molecule has 0 unspecified atom stereocenters. The smallest absolute Gasteiger partial charge is 0.162 e. The van der Waals surface area contributed by atoms with Crippen molar-refractivity contribution < 1.29 is 4.74 Å². The lowest BCUT2D eigenvalue weighted by Gasteiger charge is -2.30. The van der Waals surface area contributed by atoms with Gasteiger partial charge in [-0.15, -0.1) is 0 Å². The Labute approximate surface area is 128 Å². The first-order valence-electron chi connectivity index (χ1n) is 8.41. The summed E-state index contributed by atoms with van der Waals surface area (Å²) in [5.41, 5.74) is 0.837. The van der Waals surface area contributed by atoms with Crippen LogP contribution in [0.5, 0.6) is 0 Å². The Morgan fingerprint density at radius 1 is 1.14 bits per heavy atom. The lowest BCUT2D eigenvalue weighted by atomic mass is 9.93. The summed E-state index contributed by atoms with van der Waals surface area (Å²) in [6.07, 6.45) is 9.14. The second kappa shape index (κ2) is 7.74. The van der Waals surface area contributed by atoms with E-state index in [0.29, 0.717) is 0 Å². The Morgan fingerprint density at radius 2 is 1.86 bits per heavy atom. The number of aromatic nitrogens is 2. The van der Waals surface area contributed by atoms with Crippen LogP contribution in [0.3, 0.4) is 0 Å². The number of methoxy groups -OCH3 is 1. The summed E-state index contributed by atoms with van der Waals surface area (Å²) in [6.45, 7) is 5.16. The molecule has 0 spiro atoms. The summed E-state index contributed by atoms with van der Waals surface area (Å²) < 4.78 is 5.96. The van der Waals surface area contributed by atoms with Crippen molar-refractivity contribution in [3.63, 3.8) is 0 Å². The molecule has 1 heterocycles. The van der Waals surface area contributed by atoms with Crippen LogP contribution in [-0.2, 0) is 16.8 Å². The number of nitrogens with zero attached hydrogens (tertiary/aromatic N) is 2. The van der Waals surface area contributed by atoms with Crippen LogP contribution in [-0.4, -0.2) is 23.6 Å². The van der Waals surface area contributed by atoms with E-state index in [0.717, 1.165) is 49.6 Å². The zero-order valence-corrected chi connectivity index (χ0v) is 13.7. The largest absolute Gasteiger partial charge is 0.370 e. The first-order valence-corrected chi connectivity index (χ1v) is 8.41. The minimum atomic E-state index is -0.287. The molecule has 0 radical (unpaired) electrons. The minimum Gasteiger partial charge on any atom is -0.370 e. The van der Waals surface area contributed by atoms with Crippen molar-refractivity contribution in [1.82, 2.24) is 9.97 Å². The molecule has 1 aliphatic rings. The monoisotopic (exact) mass is 291 g/mol. The summed E-state index contributed by atoms with van der Waals surface area (Å²) in [7, 11) is 1.81. The molecule has 0 amide bonds. The van der Waals surface area contributed by atoms with Crippen molar-refractivity contribution in [3.8, 4) is 0 Å². The maximum absolute atomic E-state index is 5.96. The molecule has 1 fully saturated rings. The van der Waals surface area contributed by atoms with Gasteiger partial charge in [-0.05, 0) is 26.2 Å². The van der Waals surface area contributed by atoms with Crippen molar-refractivity contribution in [2.75, 3.05) is 19.0 Å². The van der Waals surface area contributed by atoms with Crippen molar-refractivity contribution in [1.29, 1.82) is 0 Å². The van der Waals surface area contributed by atoms with Crippen molar-refractivity contribution in [3.05, 3.63) is 17.6 Å². The number of ether oxygens (including phenoxy) is 1. The quantitative estimate of drug-likeness (QED) is 0.803. The highest BCUT2D eigenvalue weighted by Gasteiger charge is 2.36. The highest BCUT2D eigenvalue weighted by molar-refractivity contribution is 5.37. The first kappa shape index (κ1) is 16.2. The number of hydrogen-bond donors (Lipinski definition) is 1. The van der Waals surface area contributed by atoms with Gasteiger partial charge in [0.2, 0.25) is 0 Å². The lowest BCUT2D eigenvalue weighted by Crippen LogP contribution is -2.31. The van der Waals surface area contributed by atoms with Crippen LogP contribution >= 0.6 is 0 Å². The molecule has 0 saturated heterocycles. The molecule has 1 aromatic heterocycles. The molecular weight excluding hydrogens is 262 g/mol. The summed E-state index contributed by atoms with van der Waals surface area (Å²) in [5.74, 6) is 1.82. The molecule has 4 heteroatoms. The van der Waals surface area contributed by atoms with Crippen LogP contribution in [0.25, 0.3) is 0 Å². The van der Waals surface area contributed by atoms with Gasteiger partial charge >= 0.3 is 0 Å². The van der Waals surface area contributed by atoms with E-state index in [2.05, 4.69) is 25.2 Å². The van der Waals surface area contributed by atoms with Gasteiger partial charge in [-0.3, -0.25) is 0 Å². The molecular formula is C17H29N3O. The molecule has 21 heavy (non-hydrogen) atoms. The maximum Gasteiger partial charge on any atom is 0.162 e. The topological polar surface area (TPSA) is 47.0 Å². The normalized spacial score (nSPS) is 18.2. The Balaban J connectivity index is 2.38. The van der Waals surface area contributed by atoms with E-state index in [1.807, 2.05) is 7.11 Å². The molecule has 1 aliphatic carbocycles. The number of anilines is 1. The van der Waals surface area contributed by atoms with E-state index < -0.39 is 0 Å². The van der Waals surface area contributed by atoms with Crippen LogP contribution < -0.4 is 5.32 Å². The van der Waals surface area contributed by atoms with Crippen molar-refractivity contribution >= 4 is 5.82 Å². The standard InChI is InChI=1S/C17H29N3O/c1-4-10-14-13-15(18-5-2)20-16(19-14)17(21-3)11-8-6-7-9-12-17/h13H,4-12H2,1-3H3,(H,18,19,20). The summed E-state index contributed by atoms with van der Waals surface area (Å²) in [4.78, 5) is 9.60. The molecule has 0 bridgehead atoms. The van der Waals surface area contributed by atoms with Gasteiger partial charge in [0.25, 0.3) is 0 Å². The fourth-order valence-corrected chi connectivity index (χ4v) is 3.18. The van der Waals surface area contributed by atoms with E-state index in [9.17, 15) is 0 Å². The predicted molar refractivity (Wildman–Crippen MR) is 86.6 cm³/mol. The van der Waals surface area contributed by atoms with Gasteiger partial charge in [-0.1, -0.05) is 39.0 Å². The molecule has 118 valence electrons. The average Bonchev–Trinajstić information content (AvgIpc) is 2.74. The van der Waals surface area contributed by atoms with Gasteiger partial charge in [-0.25, -0.2) is 9.97 Å². The molecule has 0 aromatic carbocycles. The van der Waals surface area contributed by atoms with Crippen LogP contribution in [0, 0.1) is 0 Å². The van der Waals surface area contributed by atoms with Crippen molar-refractivity contribution in [2.45, 2.75) is 70.8 Å². The molecule has 1 aromatic rings. The number of rotatable bonds is 6. The third-order valence-corrected chi connectivity index (χ3v) is 4.35. The number of aryl methyl sites for hydroxylation is 1. The Hall–Kier alpha value is -1.16. The number of nitrogens with one attached hydrogen (secondary N) is 1. The van der Waals surface area contributed by atoms with Gasteiger partial charge in [-0.2, -0.15) is 0 Å². The summed E-state index contributed by atoms with van der Waals surface area (Å²) in [5, 5.41) is 3.34. The third-order valence-electron chi connectivity index (χ3n) is 4.35. The molecule has 0 aliphatic heterocycles. The van der Waals surface area contributed by atoms with Crippen molar-refractivity contribution in [2.24, 2.45) is 0 Å². The van der Waals surface area contributed by atoms with E-state index in [1.165, 1.54) is 25.7 Å². The number of hydrogen-bond acceptors (Lipinski definition) is 4. The van der Waals surface area contributed by atoms with Gasteiger partial charge in [0.05, 0.1) is 0 Å². The van der Waals surface area contributed by atoms with E-state index >= 15 is 0 Å². The molecule has 1 N–H and O–H groups in total. The van der Waals surface area contributed by atoms with E-state index in [4.69, 9.17) is 14.7 Å². The maximum atomic E-state index is 5.96. The predicted octanol–water partition coefficient (Wildman–Crippen LogP) is 4.06. The molecule has 1 saturated carbocycles. The van der Waals surface area contributed by atoms with Gasteiger partial charge in [0.15, 0.2) is 5.82 Å². The minimum absolute atomic E-state index is 0.287. The zero-order chi connectivity index (χ0) is 15.1. The second-order valence-corrected chi connectivity index (χ2v) is 5.96. The van der Waals surface area contributed by atoms with Crippen LogP contribution in [0.4, 0.5) is 5.82 Å². The van der Waals surface area contributed by atoms with Crippen LogP contribution in [0.15, 0.2) is 6.07 Å². The fourth-order valence-electron chi connectivity index (χ4n) is 3.18.